The second-order valence-corrected chi connectivity index (χ2v) is 5.97. The van der Waals surface area contributed by atoms with Gasteiger partial charge in [-0.25, -0.2) is 9.79 Å². The first-order valence-electron chi connectivity index (χ1n) is 6.69. The third-order valence-corrected chi connectivity index (χ3v) is 4.18. The lowest BCUT2D eigenvalue weighted by Gasteiger charge is -2.05. The Morgan fingerprint density at radius 2 is 2.04 bits per heavy atom. The summed E-state index contributed by atoms with van der Waals surface area (Å²) in [4.78, 5) is 16.3. The van der Waals surface area contributed by atoms with Gasteiger partial charge in [-0.3, -0.25) is 0 Å². The minimum absolute atomic E-state index is 0.208. The molecule has 2 aromatic rings. The monoisotopic (exact) mass is 391 g/mol. The van der Waals surface area contributed by atoms with Crippen molar-refractivity contribution in [3.8, 4) is 5.75 Å². The van der Waals surface area contributed by atoms with Crippen molar-refractivity contribution < 1.29 is 14.3 Å². The zero-order valence-electron chi connectivity index (χ0n) is 12.0. The Morgan fingerprint density at radius 3 is 2.74 bits per heavy atom. The number of hydrogen-bond acceptors (Lipinski definition) is 4. The molecule has 1 heterocycles. The minimum Gasteiger partial charge on any atom is -0.496 e. The molecular formula is C17H11BrClNO3. The van der Waals surface area contributed by atoms with Crippen molar-refractivity contribution in [2.45, 2.75) is 0 Å². The molecule has 0 bridgehead atoms. The number of rotatable bonds is 3. The standard InChI is InChI=1S/C17H11BrClNO3/c1-22-15-7-6-11(8-12(15)18)16-20-14(17(21)23-16)9-10-4-2-3-5-13(10)19/h2-9H,1H3. The van der Waals surface area contributed by atoms with Gasteiger partial charge < -0.3 is 9.47 Å². The summed E-state index contributed by atoms with van der Waals surface area (Å²) in [6, 6.07) is 12.5. The molecule has 0 fully saturated rings. The van der Waals surface area contributed by atoms with Crippen LogP contribution in [0, 0.1) is 0 Å². The predicted octanol–water partition coefficient (Wildman–Crippen LogP) is 4.46. The van der Waals surface area contributed by atoms with E-state index in [4.69, 9.17) is 21.1 Å². The fourth-order valence-electron chi connectivity index (χ4n) is 2.07. The number of cyclic esters (lactones) is 1. The average Bonchev–Trinajstić information content (AvgIpc) is 2.90. The third-order valence-electron chi connectivity index (χ3n) is 3.22. The molecule has 1 aliphatic heterocycles. The van der Waals surface area contributed by atoms with Crippen molar-refractivity contribution in [2.24, 2.45) is 4.99 Å². The van der Waals surface area contributed by atoms with Crippen LogP contribution in [0.5, 0.6) is 5.75 Å². The van der Waals surface area contributed by atoms with E-state index in [1.165, 1.54) is 0 Å². The third kappa shape index (κ3) is 3.30. The molecule has 4 nitrogen and oxygen atoms in total. The van der Waals surface area contributed by atoms with Crippen molar-refractivity contribution in [3.05, 3.63) is 68.8 Å². The van der Waals surface area contributed by atoms with Crippen molar-refractivity contribution in [1.82, 2.24) is 0 Å². The van der Waals surface area contributed by atoms with Gasteiger partial charge in [-0.2, -0.15) is 0 Å². The summed E-state index contributed by atoms with van der Waals surface area (Å²) in [5.74, 6) is 0.425. The fourth-order valence-corrected chi connectivity index (χ4v) is 2.80. The average molecular weight is 393 g/mol. The van der Waals surface area contributed by atoms with Gasteiger partial charge in [-0.1, -0.05) is 29.8 Å². The van der Waals surface area contributed by atoms with Crippen LogP contribution in [0.3, 0.4) is 0 Å². The van der Waals surface area contributed by atoms with Crippen molar-refractivity contribution in [3.63, 3.8) is 0 Å². The quantitative estimate of drug-likeness (QED) is 0.572. The van der Waals surface area contributed by atoms with Crippen LogP contribution in [0.15, 0.2) is 57.6 Å². The molecule has 0 atom stereocenters. The van der Waals surface area contributed by atoms with E-state index < -0.39 is 5.97 Å². The van der Waals surface area contributed by atoms with E-state index in [-0.39, 0.29) is 11.6 Å². The van der Waals surface area contributed by atoms with Gasteiger partial charge in [0.2, 0.25) is 5.90 Å². The van der Waals surface area contributed by atoms with Crippen LogP contribution in [-0.4, -0.2) is 19.0 Å². The van der Waals surface area contributed by atoms with Crippen LogP contribution in [-0.2, 0) is 9.53 Å². The Hall–Kier alpha value is -2.11. The molecule has 1 aliphatic rings. The molecule has 6 heteroatoms. The molecule has 0 aromatic heterocycles. The second-order valence-electron chi connectivity index (χ2n) is 4.71. The molecule has 0 saturated heterocycles. The SMILES string of the molecule is COc1ccc(C2=NC(=Cc3ccccc3Cl)C(=O)O2)cc1Br. The summed E-state index contributed by atoms with van der Waals surface area (Å²) in [5.41, 5.74) is 1.59. The summed E-state index contributed by atoms with van der Waals surface area (Å²) in [5, 5.41) is 0.545. The smallest absolute Gasteiger partial charge is 0.363 e. The molecule has 23 heavy (non-hydrogen) atoms. The molecule has 3 rings (SSSR count). The number of aliphatic imine (C=N–C) groups is 1. The molecule has 0 saturated carbocycles. The second kappa shape index (κ2) is 6.56. The van der Waals surface area contributed by atoms with Gasteiger partial charge in [0, 0.05) is 10.6 Å². The van der Waals surface area contributed by atoms with Crippen LogP contribution >= 0.6 is 27.5 Å². The van der Waals surface area contributed by atoms with E-state index in [2.05, 4.69) is 20.9 Å². The van der Waals surface area contributed by atoms with E-state index in [0.717, 1.165) is 4.47 Å². The van der Waals surface area contributed by atoms with Crippen molar-refractivity contribution in [2.75, 3.05) is 7.11 Å². The van der Waals surface area contributed by atoms with Crippen molar-refractivity contribution in [1.29, 1.82) is 0 Å². The Bertz CT molecular complexity index is 845. The summed E-state index contributed by atoms with van der Waals surface area (Å²) in [6.07, 6.45) is 1.61. The molecule has 0 aliphatic carbocycles. The van der Waals surface area contributed by atoms with Gasteiger partial charge in [0.1, 0.15) is 5.75 Å². The largest absolute Gasteiger partial charge is 0.496 e. The predicted molar refractivity (Wildman–Crippen MR) is 92.8 cm³/mol. The molecule has 0 N–H and O–H groups in total. The Balaban J connectivity index is 1.96. The molecular weight excluding hydrogens is 382 g/mol. The number of ether oxygens (including phenoxy) is 2. The van der Waals surface area contributed by atoms with E-state index in [1.54, 1.807) is 43.5 Å². The van der Waals surface area contributed by atoms with Crippen LogP contribution in [0.2, 0.25) is 5.02 Å². The van der Waals surface area contributed by atoms with Gasteiger partial charge in [-0.05, 0) is 51.8 Å². The number of halogens is 2. The van der Waals surface area contributed by atoms with Gasteiger partial charge in [0.05, 0.1) is 11.6 Å². The molecule has 116 valence electrons. The maximum Gasteiger partial charge on any atom is 0.363 e. The molecule has 0 unspecified atom stereocenters. The van der Waals surface area contributed by atoms with Gasteiger partial charge in [0.15, 0.2) is 5.70 Å². The first-order valence-corrected chi connectivity index (χ1v) is 7.86. The van der Waals surface area contributed by atoms with Crippen molar-refractivity contribution >= 4 is 45.5 Å². The summed E-state index contributed by atoms with van der Waals surface area (Å²) in [7, 11) is 1.58. The van der Waals surface area contributed by atoms with Crippen LogP contribution in [0.4, 0.5) is 0 Å². The molecule has 0 amide bonds. The number of carbonyl (C=O) groups is 1. The zero-order valence-corrected chi connectivity index (χ0v) is 14.4. The number of carbonyl (C=O) groups excluding carboxylic acids is 1. The molecule has 2 aromatic carbocycles. The highest BCUT2D eigenvalue weighted by molar-refractivity contribution is 9.10. The van der Waals surface area contributed by atoms with E-state index in [9.17, 15) is 4.79 Å². The number of esters is 1. The highest BCUT2D eigenvalue weighted by atomic mass is 79.9. The van der Waals surface area contributed by atoms with Crippen LogP contribution < -0.4 is 4.74 Å². The Morgan fingerprint density at radius 1 is 1.26 bits per heavy atom. The highest BCUT2D eigenvalue weighted by Crippen LogP contribution is 2.28. The van der Waals surface area contributed by atoms with Crippen LogP contribution in [0.25, 0.3) is 6.08 Å². The molecule has 0 spiro atoms. The number of nitrogens with zero attached hydrogens (tertiary/aromatic N) is 1. The summed E-state index contributed by atoms with van der Waals surface area (Å²) >= 11 is 9.49. The minimum atomic E-state index is -0.508. The first-order chi connectivity index (χ1) is 11.1. The number of benzene rings is 2. The fraction of sp³-hybridized carbons (Fsp3) is 0.0588. The normalized spacial score (nSPS) is 15.5. The van der Waals surface area contributed by atoms with E-state index >= 15 is 0 Å². The maximum absolute atomic E-state index is 12.0. The molecule has 0 radical (unpaired) electrons. The lowest BCUT2D eigenvalue weighted by molar-refractivity contribution is -0.129. The number of hydrogen-bond donors (Lipinski definition) is 0. The summed E-state index contributed by atoms with van der Waals surface area (Å²) < 4.78 is 11.2. The topological polar surface area (TPSA) is 47.9 Å². The zero-order chi connectivity index (χ0) is 16.4. The van der Waals surface area contributed by atoms with Crippen LogP contribution in [0.1, 0.15) is 11.1 Å². The van der Waals surface area contributed by atoms with Gasteiger partial charge in [0.25, 0.3) is 0 Å². The Labute approximate surface area is 146 Å². The lowest BCUT2D eigenvalue weighted by atomic mass is 10.2. The van der Waals surface area contributed by atoms with E-state index in [0.29, 0.717) is 21.9 Å². The Kier molecular flexibility index (Phi) is 4.50. The summed E-state index contributed by atoms with van der Waals surface area (Å²) in [6.45, 7) is 0. The van der Waals surface area contributed by atoms with Gasteiger partial charge >= 0.3 is 5.97 Å². The number of methoxy groups -OCH3 is 1. The lowest BCUT2D eigenvalue weighted by Crippen LogP contribution is -2.05. The first kappa shape index (κ1) is 15.8. The maximum atomic E-state index is 12.0. The highest BCUT2D eigenvalue weighted by Gasteiger charge is 2.24. The van der Waals surface area contributed by atoms with E-state index in [1.807, 2.05) is 12.1 Å². The van der Waals surface area contributed by atoms with Gasteiger partial charge in [-0.15, -0.1) is 0 Å².